The minimum atomic E-state index is -0.451. The Labute approximate surface area is 167 Å². The number of amides is 2. The van der Waals surface area contributed by atoms with Gasteiger partial charge in [-0.05, 0) is 29.8 Å². The normalized spacial score (nSPS) is 14.1. The summed E-state index contributed by atoms with van der Waals surface area (Å²) < 4.78 is 5.83. The minimum absolute atomic E-state index is 0.0806. The summed E-state index contributed by atoms with van der Waals surface area (Å²) in [6, 6.07) is 15.0. The molecule has 0 spiro atoms. The van der Waals surface area contributed by atoms with Crippen LogP contribution in [0, 0.1) is 0 Å². The average molecular weight is 403 g/mol. The highest BCUT2D eigenvalue weighted by atomic mass is 32.2. The molecule has 1 heterocycles. The zero-order chi connectivity index (χ0) is 19.2. The number of nitrogens with two attached hydrogens (primary N) is 1. The molecule has 0 unspecified atom stereocenters. The van der Waals surface area contributed by atoms with Crippen LogP contribution in [0.15, 0.2) is 48.5 Å². The Balaban J connectivity index is 1.86. The standard InChI is InChI=1S/C20H22N2O3S2/c1-25-17-5-3-2-4-16(17)22(11-10-18(21)23)19(24)14-6-8-15(9-7-14)20-26-12-13-27-20/h2-9,20H,10-13H2,1H3,(H2,21,23). The van der Waals surface area contributed by atoms with Crippen LogP contribution in [0.1, 0.15) is 26.9 Å². The quantitative estimate of drug-likeness (QED) is 0.765. The molecule has 5 nitrogen and oxygen atoms in total. The molecule has 2 aromatic carbocycles. The van der Waals surface area contributed by atoms with Crippen molar-refractivity contribution in [1.82, 2.24) is 0 Å². The fourth-order valence-corrected chi connectivity index (χ4v) is 5.76. The van der Waals surface area contributed by atoms with Gasteiger partial charge >= 0.3 is 0 Å². The van der Waals surface area contributed by atoms with E-state index < -0.39 is 5.91 Å². The number of methoxy groups -OCH3 is 1. The molecule has 0 aromatic heterocycles. The summed E-state index contributed by atoms with van der Waals surface area (Å²) in [6.45, 7) is 0.199. The van der Waals surface area contributed by atoms with Gasteiger partial charge in [0, 0.05) is 30.0 Å². The molecule has 0 saturated carbocycles. The van der Waals surface area contributed by atoms with E-state index in [2.05, 4.69) is 0 Å². The smallest absolute Gasteiger partial charge is 0.258 e. The highest BCUT2D eigenvalue weighted by molar-refractivity contribution is 8.19. The zero-order valence-electron chi connectivity index (χ0n) is 15.1. The van der Waals surface area contributed by atoms with Gasteiger partial charge in [-0.15, -0.1) is 23.5 Å². The van der Waals surface area contributed by atoms with Crippen molar-refractivity contribution in [2.75, 3.05) is 30.1 Å². The van der Waals surface area contributed by atoms with E-state index in [0.717, 1.165) is 11.5 Å². The first-order valence-electron chi connectivity index (χ1n) is 8.66. The number of primary amides is 1. The number of hydrogen-bond acceptors (Lipinski definition) is 5. The van der Waals surface area contributed by atoms with Crippen LogP contribution in [0.2, 0.25) is 0 Å². The number of carbonyl (C=O) groups excluding carboxylic acids is 2. The minimum Gasteiger partial charge on any atom is -0.495 e. The number of anilines is 1. The molecule has 0 radical (unpaired) electrons. The monoisotopic (exact) mass is 402 g/mol. The molecular formula is C20H22N2O3S2. The first-order chi connectivity index (χ1) is 13.1. The molecule has 142 valence electrons. The van der Waals surface area contributed by atoms with Crippen molar-refractivity contribution >= 4 is 41.0 Å². The van der Waals surface area contributed by atoms with Gasteiger partial charge in [-0.1, -0.05) is 24.3 Å². The number of rotatable bonds is 7. The molecule has 2 N–H and O–H groups in total. The second kappa shape index (κ2) is 9.19. The summed E-state index contributed by atoms with van der Waals surface area (Å²) in [5.74, 6) is 2.26. The van der Waals surface area contributed by atoms with E-state index in [1.54, 1.807) is 24.1 Å². The second-order valence-electron chi connectivity index (χ2n) is 6.04. The van der Waals surface area contributed by atoms with Gasteiger partial charge in [0.15, 0.2) is 0 Å². The van der Waals surface area contributed by atoms with Crippen LogP contribution in [0.3, 0.4) is 0 Å². The Bertz CT molecular complexity index is 805. The molecule has 0 aliphatic carbocycles. The number of para-hydroxylation sites is 2. The van der Waals surface area contributed by atoms with Crippen LogP contribution in [0.25, 0.3) is 0 Å². The summed E-state index contributed by atoms with van der Waals surface area (Å²) in [5, 5.41) is 0. The van der Waals surface area contributed by atoms with E-state index in [1.807, 2.05) is 59.9 Å². The zero-order valence-corrected chi connectivity index (χ0v) is 16.7. The molecule has 2 aromatic rings. The van der Waals surface area contributed by atoms with Gasteiger partial charge in [-0.3, -0.25) is 9.59 Å². The van der Waals surface area contributed by atoms with Crippen LogP contribution >= 0.6 is 23.5 Å². The largest absolute Gasteiger partial charge is 0.495 e. The van der Waals surface area contributed by atoms with Crippen LogP contribution in [-0.4, -0.2) is 37.0 Å². The van der Waals surface area contributed by atoms with Gasteiger partial charge < -0.3 is 15.4 Å². The van der Waals surface area contributed by atoms with Crippen LogP contribution in [0.4, 0.5) is 5.69 Å². The molecule has 0 atom stereocenters. The second-order valence-corrected chi connectivity index (χ2v) is 8.76. The van der Waals surface area contributed by atoms with Crippen molar-refractivity contribution in [3.05, 3.63) is 59.7 Å². The third-order valence-corrected chi connectivity index (χ3v) is 7.36. The summed E-state index contributed by atoms with van der Waals surface area (Å²) in [6.07, 6.45) is 0.0806. The predicted octanol–water partition coefficient (Wildman–Crippen LogP) is 3.70. The van der Waals surface area contributed by atoms with E-state index in [1.165, 1.54) is 5.56 Å². The molecule has 27 heavy (non-hydrogen) atoms. The van der Waals surface area contributed by atoms with E-state index in [-0.39, 0.29) is 18.9 Å². The first kappa shape index (κ1) is 19.6. The average Bonchev–Trinajstić information content (AvgIpc) is 3.23. The third-order valence-electron chi connectivity index (χ3n) is 4.25. The molecule has 1 fully saturated rings. The Morgan fingerprint density at radius 1 is 1.11 bits per heavy atom. The highest BCUT2D eigenvalue weighted by Gasteiger charge is 2.23. The number of carbonyl (C=O) groups is 2. The maximum atomic E-state index is 13.2. The molecule has 7 heteroatoms. The Morgan fingerprint density at radius 3 is 2.41 bits per heavy atom. The molecule has 0 bridgehead atoms. The fourth-order valence-electron chi connectivity index (χ4n) is 2.90. The Kier molecular flexibility index (Phi) is 6.68. The van der Waals surface area contributed by atoms with Crippen LogP contribution in [0.5, 0.6) is 5.75 Å². The van der Waals surface area contributed by atoms with Crippen LogP contribution in [-0.2, 0) is 4.79 Å². The highest BCUT2D eigenvalue weighted by Crippen LogP contribution is 2.45. The lowest BCUT2D eigenvalue weighted by Gasteiger charge is -2.24. The van der Waals surface area contributed by atoms with E-state index in [0.29, 0.717) is 21.6 Å². The lowest BCUT2D eigenvalue weighted by atomic mass is 10.1. The van der Waals surface area contributed by atoms with Crippen molar-refractivity contribution in [2.24, 2.45) is 5.73 Å². The molecule has 1 aliphatic rings. The van der Waals surface area contributed by atoms with Gasteiger partial charge in [-0.2, -0.15) is 0 Å². The lowest BCUT2D eigenvalue weighted by Crippen LogP contribution is -2.34. The van der Waals surface area contributed by atoms with Gasteiger partial charge in [0.05, 0.1) is 17.4 Å². The number of nitrogens with zero attached hydrogens (tertiary/aromatic N) is 1. The van der Waals surface area contributed by atoms with E-state index in [9.17, 15) is 9.59 Å². The van der Waals surface area contributed by atoms with Gasteiger partial charge in [-0.25, -0.2) is 0 Å². The topological polar surface area (TPSA) is 72.6 Å². The van der Waals surface area contributed by atoms with Crippen molar-refractivity contribution in [3.63, 3.8) is 0 Å². The molecular weight excluding hydrogens is 380 g/mol. The number of benzene rings is 2. The SMILES string of the molecule is COc1ccccc1N(CCC(N)=O)C(=O)c1ccc(C2SCCS2)cc1. The van der Waals surface area contributed by atoms with Gasteiger partial charge in [0.2, 0.25) is 5.91 Å². The fraction of sp³-hybridized carbons (Fsp3) is 0.300. The molecule has 1 saturated heterocycles. The van der Waals surface area contributed by atoms with Crippen molar-refractivity contribution < 1.29 is 14.3 Å². The number of thioether (sulfide) groups is 2. The van der Waals surface area contributed by atoms with Crippen molar-refractivity contribution in [3.8, 4) is 5.75 Å². The van der Waals surface area contributed by atoms with E-state index in [4.69, 9.17) is 10.5 Å². The van der Waals surface area contributed by atoms with E-state index >= 15 is 0 Å². The van der Waals surface area contributed by atoms with Gasteiger partial charge in [0.1, 0.15) is 5.75 Å². The molecule has 2 amide bonds. The Hall–Kier alpha value is -2.12. The number of hydrogen-bond donors (Lipinski definition) is 1. The summed E-state index contributed by atoms with van der Waals surface area (Å²) in [7, 11) is 1.56. The van der Waals surface area contributed by atoms with Crippen LogP contribution < -0.4 is 15.4 Å². The molecule has 3 rings (SSSR count). The van der Waals surface area contributed by atoms with Gasteiger partial charge in [0.25, 0.3) is 5.91 Å². The Morgan fingerprint density at radius 2 is 1.78 bits per heavy atom. The summed E-state index contributed by atoms with van der Waals surface area (Å²) in [5.41, 5.74) is 7.72. The van der Waals surface area contributed by atoms with Crippen molar-refractivity contribution in [1.29, 1.82) is 0 Å². The maximum absolute atomic E-state index is 13.2. The number of ether oxygens (including phenoxy) is 1. The first-order valence-corrected chi connectivity index (χ1v) is 10.8. The summed E-state index contributed by atoms with van der Waals surface area (Å²) >= 11 is 3.86. The predicted molar refractivity (Wildman–Crippen MR) is 113 cm³/mol. The maximum Gasteiger partial charge on any atom is 0.258 e. The van der Waals surface area contributed by atoms with Crippen molar-refractivity contribution in [2.45, 2.75) is 11.0 Å². The summed E-state index contributed by atoms with van der Waals surface area (Å²) in [4.78, 5) is 26.0. The third kappa shape index (κ3) is 4.78. The molecule has 1 aliphatic heterocycles. The lowest BCUT2D eigenvalue weighted by molar-refractivity contribution is -0.117.